The van der Waals surface area contributed by atoms with Crippen molar-refractivity contribution in [1.29, 1.82) is 0 Å². The summed E-state index contributed by atoms with van der Waals surface area (Å²) in [5, 5.41) is 0.714. The van der Waals surface area contributed by atoms with E-state index in [-0.39, 0.29) is 5.97 Å². The van der Waals surface area contributed by atoms with Crippen molar-refractivity contribution in [2.24, 2.45) is 5.92 Å². The Kier molecular flexibility index (Phi) is 6.26. The first-order valence-corrected chi connectivity index (χ1v) is 9.87. The number of ether oxygens (including phenoxy) is 1. The summed E-state index contributed by atoms with van der Waals surface area (Å²) in [6, 6.07) is 8.18. The fourth-order valence-electron chi connectivity index (χ4n) is 3.69. The highest BCUT2D eigenvalue weighted by atomic mass is 35.5. The molecule has 5 heteroatoms. The van der Waals surface area contributed by atoms with E-state index < -0.39 is 0 Å². The summed E-state index contributed by atoms with van der Waals surface area (Å²) in [6.07, 6.45) is 6.33. The highest BCUT2D eigenvalue weighted by molar-refractivity contribution is 8.00. The number of piperidine rings is 2. The molecule has 2 aliphatic heterocycles. The van der Waals surface area contributed by atoms with Crippen LogP contribution in [0.1, 0.15) is 32.1 Å². The number of hydrogen-bond donors (Lipinski definition) is 0. The largest absolute Gasteiger partial charge is 0.465 e. The van der Waals surface area contributed by atoms with Crippen molar-refractivity contribution in [3.63, 3.8) is 0 Å². The third-order valence-electron chi connectivity index (χ3n) is 4.86. The predicted molar refractivity (Wildman–Crippen MR) is 95.1 cm³/mol. The molecule has 3 rings (SSSR count). The second kappa shape index (κ2) is 8.41. The SMILES string of the molecule is O=C(CSc1ccc(Cl)cc1)OC[C@@H]1CCCN2CCCC[C@H]12. The van der Waals surface area contributed by atoms with Gasteiger partial charge in [0.25, 0.3) is 0 Å². The van der Waals surface area contributed by atoms with Crippen LogP contribution < -0.4 is 0 Å². The Balaban J connectivity index is 1.42. The molecule has 2 heterocycles. The maximum atomic E-state index is 12.0. The van der Waals surface area contributed by atoms with Crippen molar-refractivity contribution in [1.82, 2.24) is 4.90 Å². The van der Waals surface area contributed by atoms with Gasteiger partial charge in [0.15, 0.2) is 0 Å². The minimum atomic E-state index is -0.113. The molecular weight excluding hydrogens is 330 g/mol. The number of fused-ring (bicyclic) bond motifs is 1. The summed E-state index contributed by atoms with van der Waals surface area (Å²) in [6.45, 7) is 3.03. The second-order valence-corrected chi connectivity index (χ2v) is 7.91. The average molecular weight is 354 g/mol. The van der Waals surface area contributed by atoms with Crippen molar-refractivity contribution in [2.45, 2.75) is 43.0 Å². The van der Waals surface area contributed by atoms with Gasteiger partial charge in [0.05, 0.1) is 12.4 Å². The van der Waals surface area contributed by atoms with E-state index in [4.69, 9.17) is 16.3 Å². The zero-order valence-corrected chi connectivity index (χ0v) is 15.0. The fraction of sp³-hybridized carbons (Fsp3) is 0.611. The van der Waals surface area contributed by atoms with Crippen molar-refractivity contribution in [3.8, 4) is 0 Å². The number of thioether (sulfide) groups is 1. The quantitative estimate of drug-likeness (QED) is 0.585. The van der Waals surface area contributed by atoms with Crippen LogP contribution >= 0.6 is 23.4 Å². The normalized spacial score (nSPS) is 24.9. The van der Waals surface area contributed by atoms with Crippen LogP contribution in [-0.2, 0) is 9.53 Å². The van der Waals surface area contributed by atoms with Gasteiger partial charge in [0.1, 0.15) is 0 Å². The smallest absolute Gasteiger partial charge is 0.316 e. The molecule has 0 spiro atoms. The molecule has 2 aliphatic rings. The van der Waals surface area contributed by atoms with Crippen LogP contribution in [0.3, 0.4) is 0 Å². The van der Waals surface area contributed by atoms with Gasteiger partial charge in [0.2, 0.25) is 0 Å². The second-order valence-electron chi connectivity index (χ2n) is 6.43. The first-order chi connectivity index (χ1) is 11.2. The van der Waals surface area contributed by atoms with Gasteiger partial charge >= 0.3 is 5.97 Å². The fourth-order valence-corrected chi connectivity index (χ4v) is 4.51. The lowest BCUT2D eigenvalue weighted by Crippen LogP contribution is -2.49. The maximum Gasteiger partial charge on any atom is 0.316 e. The van der Waals surface area contributed by atoms with E-state index in [2.05, 4.69) is 4.90 Å². The summed E-state index contributed by atoms with van der Waals surface area (Å²) < 4.78 is 5.56. The Hall–Kier alpha value is -0.710. The third kappa shape index (κ3) is 4.88. The summed E-state index contributed by atoms with van der Waals surface area (Å²) in [5.74, 6) is 0.773. The Bertz CT molecular complexity index is 520. The number of carbonyl (C=O) groups is 1. The minimum absolute atomic E-state index is 0.113. The van der Waals surface area contributed by atoms with Crippen molar-refractivity contribution < 1.29 is 9.53 Å². The molecular formula is C18H24ClNO2S. The van der Waals surface area contributed by atoms with Crippen LogP contribution in [0.5, 0.6) is 0 Å². The molecule has 3 nitrogen and oxygen atoms in total. The molecule has 126 valence electrons. The van der Waals surface area contributed by atoms with Crippen LogP contribution in [0.25, 0.3) is 0 Å². The highest BCUT2D eigenvalue weighted by Gasteiger charge is 2.33. The maximum absolute atomic E-state index is 12.0. The molecule has 2 fully saturated rings. The van der Waals surface area contributed by atoms with Gasteiger partial charge in [-0.3, -0.25) is 9.69 Å². The molecule has 2 atom stereocenters. The Morgan fingerprint density at radius 3 is 2.78 bits per heavy atom. The molecule has 2 saturated heterocycles. The monoisotopic (exact) mass is 353 g/mol. The zero-order chi connectivity index (χ0) is 16.1. The molecule has 0 saturated carbocycles. The molecule has 0 radical (unpaired) electrons. The van der Waals surface area contributed by atoms with Crippen LogP contribution in [0.2, 0.25) is 5.02 Å². The molecule has 0 N–H and O–H groups in total. The third-order valence-corrected chi connectivity index (χ3v) is 6.09. The minimum Gasteiger partial charge on any atom is -0.465 e. The molecule has 1 aromatic carbocycles. The lowest BCUT2D eigenvalue weighted by Gasteiger charge is -2.44. The van der Waals surface area contributed by atoms with Gasteiger partial charge in [-0.05, 0) is 63.0 Å². The summed E-state index contributed by atoms with van der Waals surface area (Å²) in [4.78, 5) is 15.7. The van der Waals surface area contributed by atoms with Gasteiger partial charge in [-0.25, -0.2) is 0 Å². The Labute approximate surface area is 147 Å². The molecule has 23 heavy (non-hydrogen) atoms. The first-order valence-electron chi connectivity index (χ1n) is 8.50. The molecule has 0 aromatic heterocycles. The van der Waals surface area contributed by atoms with E-state index >= 15 is 0 Å². The van der Waals surface area contributed by atoms with Crippen molar-refractivity contribution in [3.05, 3.63) is 29.3 Å². The zero-order valence-electron chi connectivity index (χ0n) is 13.4. The summed E-state index contributed by atoms with van der Waals surface area (Å²) in [5.41, 5.74) is 0. The van der Waals surface area contributed by atoms with E-state index in [1.807, 2.05) is 24.3 Å². The van der Waals surface area contributed by atoms with Crippen LogP contribution in [-0.4, -0.2) is 42.4 Å². The van der Waals surface area contributed by atoms with Crippen molar-refractivity contribution >= 4 is 29.3 Å². The highest BCUT2D eigenvalue weighted by Crippen LogP contribution is 2.31. The van der Waals surface area contributed by atoms with Crippen LogP contribution in [0, 0.1) is 5.92 Å². The topological polar surface area (TPSA) is 29.5 Å². The molecule has 1 aromatic rings. The first kappa shape index (κ1) is 17.1. The molecule has 0 amide bonds. The molecule has 0 aliphatic carbocycles. The van der Waals surface area contributed by atoms with Gasteiger partial charge in [-0.1, -0.05) is 18.0 Å². The van der Waals surface area contributed by atoms with Crippen LogP contribution in [0.4, 0.5) is 0 Å². The Morgan fingerprint density at radius 2 is 1.96 bits per heavy atom. The molecule has 0 bridgehead atoms. The van der Waals surface area contributed by atoms with Gasteiger partial charge in [0, 0.05) is 21.9 Å². The number of nitrogens with zero attached hydrogens (tertiary/aromatic N) is 1. The standard InChI is InChI=1S/C18H24ClNO2S/c19-15-6-8-16(9-7-15)23-13-18(21)22-12-14-4-3-11-20-10-2-1-5-17(14)20/h6-9,14,17H,1-5,10-13H2/t14-,17+/m0/s1. The van der Waals surface area contributed by atoms with Gasteiger partial charge < -0.3 is 4.74 Å². The number of hydrogen-bond acceptors (Lipinski definition) is 4. The summed E-state index contributed by atoms with van der Waals surface area (Å²) in [7, 11) is 0. The number of halogens is 1. The van der Waals surface area contributed by atoms with Gasteiger partial charge in [-0.2, -0.15) is 0 Å². The average Bonchev–Trinajstić information content (AvgIpc) is 2.59. The van der Waals surface area contributed by atoms with E-state index in [0.29, 0.717) is 29.3 Å². The van der Waals surface area contributed by atoms with E-state index in [0.717, 1.165) is 4.90 Å². The van der Waals surface area contributed by atoms with E-state index in [1.54, 1.807) is 0 Å². The lowest BCUT2D eigenvalue weighted by atomic mass is 9.84. The number of rotatable bonds is 5. The van der Waals surface area contributed by atoms with Crippen LogP contribution in [0.15, 0.2) is 29.2 Å². The number of carbonyl (C=O) groups excluding carboxylic acids is 1. The number of esters is 1. The number of benzene rings is 1. The lowest BCUT2D eigenvalue weighted by molar-refractivity contribution is -0.143. The predicted octanol–water partition coefficient (Wildman–Crippen LogP) is 4.24. The van der Waals surface area contributed by atoms with Crippen molar-refractivity contribution in [2.75, 3.05) is 25.4 Å². The van der Waals surface area contributed by atoms with Gasteiger partial charge in [-0.15, -0.1) is 11.8 Å². The molecule has 0 unspecified atom stereocenters. The van der Waals surface area contributed by atoms with E-state index in [9.17, 15) is 4.79 Å². The Morgan fingerprint density at radius 1 is 1.17 bits per heavy atom. The van der Waals surface area contributed by atoms with E-state index in [1.165, 1.54) is 57.0 Å². The summed E-state index contributed by atoms with van der Waals surface area (Å²) >= 11 is 7.36.